The average Bonchev–Trinajstić information content (AvgIpc) is 3.19. The minimum absolute atomic E-state index is 0.0563. The van der Waals surface area contributed by atoms with Crippen LogP contribution in [0.1, 0.15) is 43.1 Å². The van der Waals surface area contributed by atoms with E-state index < -0.39 is 11.5 Å². The van der Waals surface area contributed by atoms with Gasteiger partial charge in [0.1, 0.15) is 5.54 Å². The van der Waals surface area contributed by atoms with Crippen LogP contribution in [-0.2, 0) is 23.1 Å². The summed E-state index contributed by atoms with van der Waals surface area (Å²) in [6.07, 6.45) is 2.59. The summed E-state index contributed by atoms with van der Waals surface area (Å²) < 4.78 is 1.80. The second-order valence-electron chi connectivity index (χ2n) is 6.10. The Balaban J connectivity index is 1.97. The molecule has 0 aromatic carbocycles. The number of hydrogen-bond donors (Lipinski definition) is 2. The second kappa shape index (κ2) is 5.50. The van der Waals surface area contributed by atoms with Crippen molar-refractivity contribution in [2.45, 2.75) is 52.0 Å². The first-order valence-electron chi connectivity index (χ1n) is 7.29. The largest absolute Gasteiger partial charge is 0.480 e. The van der Waals surface area contributed by atoms with Crippen LogP contribution in [0.25, 0.3) is 0 Å². The molecule has 1 aromatic rings. The number of carboxylic acid groups (broad SMARTS) is 1. The van der Waals surface area contributed by atoms with Crippen molar-refractivity contribution in [2.75, 3.05) is 0 Å². The van der Waals surface area contributed by atoms with E-state index in [9.17, 15) is 14.7 Å². The van der Waals surface area contributed by atoms with Gasteiger partial charge in [-0.05, 0) is 51.5 Å². The molecule has 6 nitrogen and oxygen atoms in total. The summed E-state index contributed by atoms with van der Waals surface area (Å²) in [6, 6.07) is 0. The normalized spacial score (nSPS) is 17.3. The highest BCUT2D eigenvalue weighted by molar-refractivity contribution is 5.87. The molecule has 0 saturated heterocycles. The maximum Gasteiger partial charge on any atom is 0.329 e. The van der Waals surface area contributed by atoms with Gasteiger partial charge in [-0.1, -0.05) is 0 Å². The molecule has 1 aliphatic carbocycles. The molecule has 6 heteroatoms. The highest BCUT2D eigenvalue weighted by Gasteiger charge is 2.48. The van der Waals surface area contributed by atoms with Crippen LogP contribution in [0.4, 0.5) is 0 Å². The molecular formula is C15H23N3O3. The van der Waals surface area contributed by atoms with Crippen molar-refractivity contribution in [3.63, 3.8) is 0 Å². The number of rotatable bonds is 6. The van der Waals surface area contributed by atoms with E-state index in [-0.39, 0.29) is 18.2 Å². The lowest BCUT2D eigenvalue weighted by atomic mass is 9.95. The molecule has 1 fully saturated rings. The third-order valence-electron chi connectivity index (χ3n) is 4.50. The van der Waals surface area contributed by atoms with Gasteiger partial charge in [-0.3, -0.25) is 9.48 Å². The lowest BCUT2D eigenvalue weighted by Crippen LogP contribution is -2.54. The Morgan fingerprint density at radius 2 is 2.05 bits per heavy atom. The van der Waals surface area contributed by atoms with Gasteiger partial charge in [0.2, 0.25) is 5.91 Å². The van der Waals surface area contributed by atoms with E-state index in [1.54, 1.807) is 11.6 Å². The minimum Gasteiger partial charge on any atom is -0.480 e. The van der Waals surface area contributed by atoms with Crippen molar-refractivity contribution in [1.29, 1.82) is 0 Å². The number of carbonyl (C=O) groups excluding carboxylic acids is 1. The van der Waals surface area contributed by atoms with Crippen molar-refractivity contribution >= 4 is 11.9 Å². The van der Waals surface area contributed by atoms with Gasteiger partial charge in [0.15, 0.2) is 0 Å². The van der Waals surface area contributed by atoms with E-state index in [4.69, 9.17) is 0 Å². The van der Waals surface area contributed by atoms with Gasteiger partial charge in [0, 0.05) is 19.2 Å². The Morgan fingerprint density at radius 1 is 1.43 bits per heavy atom. The zero-order valence-corrected chi connectivity index (χ0v) is 13.1. The molecule has 0 bridgehead atoms. The first-order valence-corrected chi connectivity index (χ1v) is 7.29. The third-order valence-corrected chi connectivity index (χ3v) is 4.50. The molecule has 1 heterocycles. The summed E-state index contributed by atoms with van der Waals surface area (Å²) >= 11 is 0. The number of nitrogens with one attached hydrogen (secondary N) is 1. The Hall–Kier alpha value is -1.85. The molecule has 2 N–H and O–H groups in total. The maximum absolute atomic E-state index is 12.1. The van der Waals surface area contributed by atoms with Crippen molar-refractivity contribution in [1.82, 2.24) is 15.1 Å². The number of carboxylic acids is 1. The quantitative estimate of drug-likeness (QED) is 0.829. The first-order chi connectivity index (χ1) is 9.75. The number of hydrogen-bond acceptors (Lipinski definition) is 3. The van der Waals surface area contributed by atoms with Crippen LogP contribution >= 0.6 is 0 Å². The predicted octanol–water partition coefficient (Wildman–Crippen LogP) is 1.34. The molecule has 21 heavy (non-hydrogen) atoms. The molecule has 2 rings (SSSR count). The van der Waals surface area contributed by atoms with E-state index in [0.29, 0.717) is 6.42 Å². The molecule has 116 valence electrons. The lowest BCUT2D eigenvalue weighted by Gasteiger charge is -2.26. The van der Waals surface area contributed by atoms with E-state index in [1.165, 1.54) is 0 Å². The van der Waals surface area contributed by atoms with Gasteiger partial charge in [-0.15, -0.1) is 0 Å². The summed E-state index contributed by atoms with van der Waals surface area (Å²) in [7, 11) is 1.88. The van der Waals surface area contributed by atoms with E-state index in [2.05, 4.69) is 10.4 Å². The predicted molar refractivity (Wildman–Crippen MR) is 77.9 cm³/mol. The standard InChI is InChI=1S/C15H23N3O3/c1-9-12(10(2)18(4)17-9)7-8-13(19)16-15(3,14(20)21)11-5-6-11/h11H,5-8H2,1-4H3,(H,16,19)(H,20,21). The van der Waals surface area contributed by atoms with Crippen molar-refractivity contribution in [3.05, 3.63) is 17.0 Å². The second-order valence-corrected chi connectivity index (χ2v) is 6.10. The Bertz CT molecular complexity index is 575. The highest BCUT2D eigenvalue weighted by Crippen LogP contribution is 2.39. The molecule has 1 atom stereocenters. The molecule has 0 spiro atoms. The number of aromatic nitrogens is 2. The Morgan fingerprint density at radius 3 is 2.48 bits per heavy atom. The first kappa shape index (κ1) is 15.5. The van der Waals surface area contributed by atoms with Crippen LogP contribution in [0, 0.1) is 19.8 Å². The molecular weight excluding hydrogens is 270 g/mol. The number of aryl methyl sites for hydroxylation is 2. The minimum atomic E-state index is -1.13. The van der Waals surface area contributed by atoms with Gasteiger partial charge in [-0.25, -0.2) is 4.79 Å². The molecule has 1 aromatic heterocycles. The third kappa shape index (κ3) is 3.09. The van der Waals surface area contributed by atoms with Crippen molar-refractivity contribution < 1.29 is 14.7 Å². The maximum atomic E-state index is 12.1. The van der Waals surface area contributed by atoms with Crippen LogP contribution in [0.15, 0.2) is 0 Å². The highest BCUT2D eigenvalue weighted by atomic mass is 16.4. The van der Waals surface area contributed by atoms with E-state index in [0.717, 1.165) is 29.8 Å². The van der Waals surface area contributed by atoms with E-state index >= 15 is 0 Å². The molecule has 1 aliphatic rings. The molecule has 1 saturated carbocycles. The van der Waals surface area contributed by atoms with Gasteiger partial charge >= 0.3 is 5.97 Å². The van der Waals surface area contributed by atoms with Crippen LogP contribution in [0.5, 0.6) is 0 Å². The van der Waals surface area contributed by atoms with Crippen LogP contribution < -0.4 is 5.32 Å². The summed E-state index contributed by atoms with van der Waals surface area (Å²) in [5, 5.41) is 16.4. The van der Waals surface area contributed by atoms with Crippen molar-refractivity contribution in [3.8, 4) is 0 Å². The fraction of sp³-hybridized carbons (Fsp3) is 0.667. The zero-order chi connectivity index (χ0) is 15.8. The summed E-state index contributed by atoms with van der Waals surface area (Å²) in [5.74, 6) is -1.11. The molecule has 1 unspecified atom stereocenters. The van der Waals surface area contributed by atoms with Crippen molar-refractivity contribution in [2.24, 2.45) is 13.0 Å². The van der Waals surface area contributed by atoms with Crippen LogP contribution in [0.3, 0.4) is 0 Å². The molecule has 1 amide bonds. The van der Waals surface area contributed by atoms with E-state index in [1.807, 2.05) is 20.9 Å². The number of nitrogens with zero attached hydrogens (tertiary/aromatic N) is 2. The number of amides is 1. The number of carbonyl (C=O) groups is 2. The monoisotopic (exact) mass is 293 g/mol. The number of aliphatic carboxylic acids is 1. The van der Waals surface area contributed by atoms with Gasteiger partial charge in [0.05, 0.1) is 5.69 Å². The fourth-order valence-electron chi connectivity index (χ4n) is 2.76. The fourth-order valence-corrected chi connectivity index (χ4v) is 2.76. The van der Waals surface area contributed by atoms with Gasteiger partial charge < -0.3 is 10.4 Å². The van der Waals surface area contributed by atoms with Gasteiger partial charge in [0.25, 0.3) is 0 Å². The Kier molecular flexibility index (Phi) is 4.07. The van der Waals surface area contributed by atoms with Crippen LogP contribution in [0.2, 0.25) is 0 Å². The van der Waals surface area contributed by atoms with Gasteiger partial charge in [-0.2, -0.15) is 5.10 Å². The zero-order valence-electron chi connectivity index (χ0n) is 13.1. The topological polar surface area (TPSA) is 84.2 Å². The molecule has 0 aliphatic heterocycles. The average molecular weight is 293 g/mol. The SMILES string of the molecule is Cc1nn(C)c(C)c1CCC(=O)NC(C)(C(=O)O)C1CC1. The summed E-state index contributed by atoms with van der Waals surface area (Å²) in [6.45, 7) is 5.50. The van der Waals surface area contributed by atoms with Crippen LogP contribution in [-0.4, -0.2) is 32.3 Å². The summed E-state index contributed by atoms with van der Waals surface area (Å²) in [4.78, 5) is 23.5. The molecule has 0 radical (unpaired) electrons. The summed E-state index contributed by atoms with van der Waals surface area (Å²) in [5.41, 5.74) is 1.90. The smallest absolute Gasteiger partial charge is 0.329 e. The Labute approximate surface area is 124 Å². The lowest BCUT2D eigenvalue weighted by molar-refractivity contribution is -0.147.